The Morgan fingerprint density at radius 1 is 1.08 bits per heavy atom. The molecule has 0 aliphatic rings. The first-order chi connectivity index (χ1) is 12.1. The molecule has 0 aliphatic carbocycles. The van der Waals surface area contributed by atoms with Crippen molar-refractivity contribution in [2.75, 3.05) is 11.9 Å². The predicted octanol–water partition coefficient (Wildman–Crippen LogP) is 3.39. The van der Waals surface area contributed by atoms with Gasteiger partial charge < -0.3 is 15.5 Å². The van der Waals surface area contributed by atoms with E-state index in [-0.39, 0.29) is 13.2 Å². The Morgan fingerprint density at radius 3 is 2.48 bits per heavy atom. The van der Waals surface area contributed by atoms with E-state index in [4.69, 9.17) is 5.11 Å². The molecule has 0 radical (unpaired) electrons. The van der Waals surface area contributed by atoms with Crippen LogP contribution in [0.15, 0.2) is 79.2 Å². The van der Waals surface area contributed by atoms with Crippen LogP contribution in [0.4, 0.5) is 5.82 Å². The Bertz CT molecular complexity index is 766. The van der Waals surface area contributed by atoms with E-state index in [1.54, 1.807) is 18.3 Å². The molecule has 4 nitrogen and oxygen atoms in total. The van der Waals surface area contributed by atoms with Crippen LogP contribution >= 0.6 is 0 Å². The van der Waals surface area contributed by atoms with Gasteiger partial charge in [0.05, 0.1) is 13.2 Å². The van der Waals surface area contributed by atoms with Gasteiger partial charge in [-0.2, -0.15) is 0 Å². The number of benzene rings is 1. The van der Waals surface area contributed by atoms with E-state index < -0.39 is 0 Å². The minimum atomic E-state index is -0.0788. The van der Waals surface area contributed by atoms with Gasteiger partial charge in [-0.05, 0) is 53.3 Å². The van der Waals surface area contributed by atoms with Crippen molar-refractivity contribution in [2.24, 2.45) is 0 Å². The molecule has 1 heterocycles. The van der Waals surface area contributed by atoms with Crippen molar-refractivity contribution in [3.05, 3.63) is 95.9 Å². The molecular weight excluding hydrogens is 312 g/mol. The summed E-state index contributed by atoms with van der Waals surface area (Å²) in [5, 5.41) is 21.5. The zero-order valence-corrected chi connectivity index (χ0v) is 14.3. The average molecular weight is 336 g/mol. The molecule has 2 rings (SSSR count). The summed E-state index contributed by atoms with van der Waals surface area (Å²) in [4.78, 5) is 4.30. The summed E-state index contributed by atoms with van der Waals surface area (Å²) >= 11 is 0. The monoisotopic (exact) mass is 336 g/mol. The fraction of sp³-hybridized carbons (Fsp3) is 0.190. The van der Waals surface area contributed by atoms with Crippen LogP contribution in [0.2, 0.25) is 0 Å². The van der Waals surface area contributed by atoms with Crippen LogP contribution in [0.25, 0.3) is 0 Å². The summed E-state index contributed by atoms with van der Waals surface area (Å²) in [5.41, 5.74) is 4.62. The number of aliphatic hydroxyl groups excluding tert-OH is 2. The van der Waals surface area contributed by atoms with Crippen LogP contribution in [0.1, 0.15) is 16.7 Å². The third kappa shape index (κ3) is 6.03. The van der Waals surface area contributed by atoms with E-state index in [9.17, 15) is 5.11 Å². The van der Waals surface area contributed by atoms with Gasteiger partial charge in [-0.15, -0.1) is 0 Å². The lowest BCUT2D eigenvalue weighted by Gasteiger charge is -2.09. The molecule has 0 atom stereocenters. The fourth-order valence-corrected chi connectivity index (χ4v) is 2.46. The Morgan fingerprint density at radius 2 is 1.80 bits per heavy atom. The lowest BCUT2D eigenvalue weighted by molar-refractivity contribution is 0.281. The number of rotatable bonds is 9. The molecule has 0 saturated carbocycles. The topological polar surface area (TPSA) is 65.4 Å². The van der Waals surface area contributed by atoms with Crippen molar-refractivity contribution in [3.63, 3.8) is 0 Å². The molecule has 0 saturated heterocycles. The number of allylic oxidation sites excluding steroid dienone is 1. The highest BCUT2D eigenvalue weighted by Crippen LogP contribution is 2.14. The van der Waals surface area contributed by atoms with Crippen molar-refractivity contribution in [1.82, 2.24) is 4.98 Å². The van der Waals surface area contributed by atoms with Gasteiger partial charge in [-0.25, -0.2) is 4.98 Å². The summed E-state index contributed by atoms with van der Waals surface area (Å²) in [6.45, 7) is 7.55. The molecule has 1 aromatic carbocycles. The second-order valence-corrected chi connectivity index (χ2v) is 5.76. The van der Waals surface area contributed by atoms with E-state index in [0.29, 0.717) is 17.1 Å². The first kappa shape index (κ1) is 18.6. The molecule has 1 aromatic heterocycles. The molecule has 4 heteroatoms. The van der Waals surface area contributed by atoms with E-state index >= 15 is 0 Å². The first-order valence-electron chi connectivity index (χ1n) is 8.18. The van der Waals surface area contributed by atoms with E-state index in [1.165, 1.54) is 5.56 Å². The molecule has 2 aromatic rings. The van der Waals surface area contributed by atoms with Crippen molar-refractivity contribution < 1.29 is 10.2 Å². The number of pyridine rings is 1. The van der Waals surface area contributed by atoms with Crippen LogP contribution < -0.4 is 5.32 Å². The van der Waals surface area contributed by atoms with Gasteiger partial charge in [0.2, 0.25) is 0 Å². The van der Waals surface area contributed by atoms with Gasteiger partial charge in [0.25, 0.3) is 0 Å². The van der Waals surface area contributed by atoms with Crippen LogP contribution in [-0.4, -0.2) is 21.8 Å². The molecule has 25 heavy (non-hydrogen) atoms. The van der Waals surface area contributed by atoms with Crippen LogP contribution in [0.5, 0.6) is 0 Å². The highest BCUT2D eigenvalue weighted by molar-refractivity contribution is 5.47. The lowest BCUT2D eigenvalue weighted by Crippen LogP contribution is -2.01. The van der Waals surface area contributed by atoms with Gasteiger partial charge in [0.1, 0.15) is 5.82 Å². The molecule has 0 unspecified atom stereocenters. The SMILES string of the molecule is C=CC(=CC(=C)Nc1cc(CCc2cccc(CO)c2)ccn1)CO. The molecule has 0 amide bonds. The average Bonchev–Trinajstić information content (AvgIpc) is 2.65. The van der Waals surface area contributed by atoms with Crippen LogP contribution in [0.3, 0.4) is 0 Å². The maximum atomic E-state index is 9.21. The summed E-state index contributed by atoms with van der Waals surface area (Å²) in [6.07, 6.45) is 6.87. The van der Waals surface area contributed by atoms with Crippen molar-refractivity contribution in [3.8, 4) is 0 Å². The number of hydrogen-bond acceptors (Lipinski definition) is 4. The van der Waals surface area contributed by atoms with E-state index in [1.807, 2.05) is 30.3 Å². The Hall–Kier alpha value is -2.69. The largest absolute Gasteiger partial charge is 0.392 e. The molecular formula is C21H24N2O2. The standard InChI is InChI=1S/C21H24N2O2/c1-3-17(14-24)11-16(2)23-21-13-19(9-10-22-21)8-7-18-5-4-6-20(12-18)15-25/h3-6,9-13,24-25H,1-2,7-8,14-15H2,(H,22,23). The Labute approximate surface area is 148 Å². The summed E-state index contributed by atoms with van der Waals surface area (Å²) in [5.74, 6) is 0.712. The second-order valence-electron chi connectivity index (χ2n) is 5.76. The minimum absolute atomic E-state index is 0.0628. The smallest absolute Gasteiger partial charge is 0.130 e. The molecule has 0 aliphatic heterocycles. The van der Waals surface area contributed by atoms with Gasteiger partial charge in [-0.3, -0.25) is 0 Å². The quantitative estimate of drug-likeness (QED) is 0.614. The highest BCUT2D eigenvalue weighted by atomic mass is 16.3. The summed E-state index contributed by atoms with van der Waals surface area (Å²) in [6, 6.07) is 12.0. The second kappa shape index (κ2) is 9.57. The minimum Gasteiger partial charge on any atom is -0.392 e. The summed E-state index contributed by atoms with van der Waals surface area (Å²) < 4.78 is 0. The van der Waals surface area contributed by atoms with Gasteiger partial charge in [0.15, 0.2) is 0 Å². The maximum Gasteiger partial charge on any atom is 0.130 e. The fourth-order valence-electron chi connectivity index (χ4n) is 2.46. The van der Waals surface area contributed by atoms with Crippen molar-refractivity contribution >= 4 is 5.82 Å². The van der Waals surface area contributed by atoms with Gasteiger partial charge >= 0.3 is 0 Å². The zero-order chi connectivity index (χ0) is 18.1. The Balaban J connectivity index is 1.99. The van der Waals surface area contributed by atoms with Gasteiger partial charge in [0, 0.05) is 11.9 Å². The number of aromatic nitrogens is 1. The van der Waals surface area contributed by atoms with Gasteiger partial charge in [-0.1, -0.05) is 43.5 Å². The number of nitrogens with zero attached hydrogens (tertiary/aromatic N) is 1. The number of nitrogens with one attached hydrogen (secondary N) is 1. The molecule has 0 spiro atoms. The number of aryl methyl sites for hydroxylation is 2. The summed E-state index contributed by atoms with van der Waals surface area (Å²) in [7, 11) is 0. The highest BCUT2D eigenvalue weighted by Gasteiger charge is 2.01. The van der Waals surface area contributed by atoms with Crippen molar-refractivity contribution in [2.45, 2.75) is 19.4 Å². The molecule has 130 valence electrons. The van der Waals surface area contributed by atoms with E-state index in [2.05, 4.69) is 29.5 Å². The Kier molecular flexibility index (Phi) is 7.14. The maximum absolute atomic E-state index is 9.21. The normalized spacial score (nSPS) is 11.2. The third-order valence-electron chi connectivity index (χ3n) is 3.79. The lowest BCUT2D eigenvalue weighted by atomic mass is 10.0. The van der Waals surface area contributed by atoms with E-state index in [0.717, 1.165) is 24.0 Å². The first-order valence-corrected chi connectivity index (χ1v) is 8.18. The van der Waals surface area contributed by atoms with Crippen molar-refractivity contribution in [1.29, 1.82) is 0 Å². The van der Waals surface area contributed by atoms with Crippen LogP contribution in [-0.2, 0) is 19.4 Å². The molecule has 0 bridgehead atoms. The molecule has 3 N–H and O–H groups in total. The molecule has 0 fully saturated rings. The third-order valence-corrected chi connectivity index (χ3v) is 3.79. The zero-order valence-electron chi connectivity index (χ0n) is 14.3. The number of anilines is 1. The van der Waals surface area contributed by atoms with Crippen LogP contribution in [0, 0.1) is 0 Å². The predicted molar refractivity (Wildman–Crippen MR) is 102 cm³/mol. The number of hydrogen-bond donors (Lipinski definition) is 3. The number of aliphatic hydroxyl groups is 2.